The molecule has 0 aliphatic heterocycles. The van der Waals surface area contributed by atoms with Crippen LogP contribution >= 0.6 is 11.6 Å². The van der Waals surface area contributed by atoms with Crippen molar-refractivity contribution in [2.75, 3.05) is 19.5 Å². The van der Waals surface area contributed by atoms with Gasteiger partial charge in [0.1, 0.15) is 11.6 Å². The minimum atomic E-state index is -0.556. The normalized spacial score (nSPS) is 9.88. The van der Waals surface area contributed by atoms with Crippen molar-refractivity contribution in [3.05, 3.63) is 17.5 Å². The van der Waals surface area contributed by atoms with Crippen LogP contribution in [0, 0.1) is 0 Å². The molecular weight excluding hydrogens is 236 g/mol. The van der Waals surface area contributed by atoms with Crippen molar-refractivity contribution in [1.29, 1.82) is 0 Å². The maximum absolute atomic E-state index is 11.0. The van der Waals surface area contributed by atoms with Gasteiger partial charge in [-0.15, -0.1) is 11.6 Å². The predicted molar refractivity (Wildman–Crippen MR) is 55.3 cm³/mol. The van der Waals surface area contributed by atoms with Gasteiger partial charge in [0.25, 0.3) is 0 Å². The number of carbonyl (C=O) groups is 2. The van der Waals surface area contributed by atoms with Crippen molar-refractivity contribution < 1.29 is 18.8 Å². The van der Waals surface area contributed by atoms with E-state index in [9.17, 15) is 9.59 Å². The van der Waals surface area contributed by atoms with E-state index in [0.29, 0.717) is 18.7 Å². The summed E-state index contributed by atoms with van der Waals surface area (Å²) in [5, 5.41) is 6.08. The average Bonchev–Trinajstić information content (AvgIpc) is 2.76. The Morgan fingerprint density at radius 1 is 1.62 bits per heavy atom. The fraction of sp³-hybridized carbons (Fsp3) is 0.444. The highest BCUT2D eigenvalue weighted by Crippen LogP contribution is 2.05. The molecule has 0 aliphatic rings. The monoisotopic (exact) mass is 246 g/mol. The lowest BCUT2D eigenvalue weighted by Gasteiger charge is -1.98. The zero-order valence-corrected chi connectivity index (χ0v) is 9.41. The summed E-state index contributed by atoms with van der Waals surface area (Å²) in [5.74, 6) is -0.395. The van der Waals surface area contributed by atoms with Gasteiger partial charge in [-0.25, -0.2) is 4.79 Å². The van der Waals surface area contributed by atoms with Crippen LogP contribution in [0.3, 0.4) is 0 Å². The number of ether oxygens (including phenoxy) is 1. The van der Waals surface area contributed by atoms with Crippen molar-refractivity contribution in [2.24, 2.45) is 0 Å². The van der Waals surface area contributed by atoms with Crippen molar-refractivity contribution >= 4 is 23.5 Å². The van der Waals surface area contributed by atoms with Gasteiger partial charge in [0, 0.05) is 19.0 Å². The fourth-order valence-electron chi connectivity index (χ4n) is 1.00. The zero-order valence-electron chi connectivity index (χ0n) is 8.66. The second kappa shape index (κ2) is 6.12. The Kier molecular flexibility index (Phi) is 4.78. The van der Waals surface area contributed by atoms with Gasteiger partial charge in [0.15, 0.2) is 5.69 Å². The smallest absolute Gasteiger partial charge is 0.360 e. The molecule has 0 unspecified atom stereocenters. The topological polar surface area (TPSA) is 81.4 Å². The van der Waals surface area contributed by atoms with Crippen molar-refractivity contribution in [2.45, 2.75) is 6.42 Å². The molecule has 1 aromatic rings. The highest BCUT2D eigenvalue weighted by Gasteiger charge is 2.12. The molecule has 0 atom stereocenters. The summed E-state index contributed by atoms with van der Waals surface area (Å²) in [4.78, 5) is 21.8. The number of nitrogens with zero attached hydrogens (tertiary/aromatic N) is 1. The summed E-state index contributed by atoms with van der Waals surface area (Å²) in [6, 6.07) is 1.47. The van der Waals surface area contributed by atoms with Gasteiger partial charge in [-0.1, -0.05) is 5.16 Å². The Morgan fingerprint density at radius 3 is 3.00 bits per heavy atom. The van der Waals surface area contributed by atoms with Gasteiger partial charge < -0.3 is 14.6 Å². The van der Waals surface area contributed by atoms with Crippen LogP contribution in [-0.4, -0.2) is 36.6 Å². The minimum absolute atomic E-state index is 0.0795. The van der Waals surface area contributed by atoms with Crippen LogP contribution in [0.15, 0.2) is 10.6 Å². The first-order valence-electron chi connectivity index (χ1n) is 4.54. The van der Waals surface area contributed by atoms with Crippen molar-refractivity contribution in [3.8, 4) is 0 Å². The van der Waals surface area contributed by atoms with Gasteiger partial charge in [-0.3, -0.25) is 4.79 Å². The molecule has 88 valence electrons. The Balaban J connectivity index is 2.41. The zero-order chi connectivity index (χ0) is 12.0. The molecule has 0 radical (unpaired) electrons. The highest BCUT2D eigenvalue weighted by molar-refractivity contribution is 6.27. The lowest BCUT2D eigenvalue weighted by Crippen LogP contribution is -2.26. The number of rotatable bonds is 5. The van der Waals surface area contributed by atoms with E-state index >= 15 is 0 Å². The number of amides is 1. The van der Waals surface area contributed by atoms with Crippen LogP contribution in [0.4, 0.5) is 0 Å². The molecule has 1 aromatic heterocycles. The van der Waals surface area contributed by atoms with Crippen LogP contribution in [0.2, 0.25) is 0 Å². The molecule has 0 saturated carbocycles. The largest absolute Gasteiger partial charge is 0.464 e. The van der Waals surface area contributed by atoms with E-state index in [1.165, 1.54) is 13.2 Å². The summed E-state index contributed by atoms with van der Waals surface area (Å²) < 4.78 is 9.33. The number of hydrogen-bond acceptors (Lipinski definition) is 5. The number of aromatic nitrogens is 1. The first-order chi connectivity index (χ1) is 7.67. The minimum Gasteiger partial charge on any atom is -0.464 e. The second-order valence-corrected chi connectivity index (χ2v) is 3.17. The SMILES string of the molecule is COC(=O)c1cc(CCNC(=O)CCl)on1. The maximum Gasteiger partial charge on any atom is 0.360 e. The van der Waals surface area contributed by atoms with Crippen molar-refractivity contribution in [1.82, 2.24) is 10.5 Å². The third-order valence-electron chi connectivity index (χ3n) is 1.77. The average molecular weight is 247 g/mol. The molecule has 1 N–H and O–H groups in total. The summed E-state index contributed by atoms with van der Waals surface area (Å²) in [6.07, 6.45) is 0.437. The lowest BCUT2D eigenvalue weighted by atomic mass is 10.3. The molecule has 16 heavy (non-hydrogen) atoms. The number of esters is 1. The lowest BCUT2D eigenvalue weighted by molar-refractivity contribution is -0.118. The summed E-state index contributed by atoms with van der Waals surface area (Å²) in [7, 11) is 1.26. The molecule has 6 nitrogen and oxygen atoms in total. The van der Waals surface area contributed by atoms with Crippen LogP contribution in [0.5, 0.6) is 0 Å². The molecule has 0 fully saturated rings. The van der Waals surface area contributed by atoms with E-state index < -0.39 is 5.97 Å². The predicted octanol–water partition coefficient (Wildman–Crippen LogP) is 0.359. The van der Waals surface area contributed by atoms with Gasteiger partial charge in [0.05, 0.1) is 7.11 Å². The van der Waals surface area contributed by atoms with E-state index in [1.807, 2.05) is 0 Å². The molecule has 1 rings (SSSR count). The molecule has 0 saturated heterocycles. The van der Waals surface area contributed by atoms with E-state index in [1.54, 1.807) is 0 Å². The maximum atomic E-state index is 11.0. The molecular formula is C9H11ClN2O4. The van der Waals surface area contributed by atoms with E-state index in [4.69, 9.17) is 16.1 Å². The Labute approximate surface area is 96.9 Å². The standard InChI is InChI=1S/C9H11ClN2O4/c1-15-9(14)7-4-6(16-12-7)2-3-11-8(13)5-10/h4H,2-3,5H2,1H3,(H,11,13). The molecule has 0 bridgehead atoms. The van der Waals surface area contributed by atoms with Crippen LogP contribution in [0.1, 0.15) is 16.2 Å². The number of hydrogen-bond donors (Lipinski definition) is 1. The number of alkyl halides is 1. The Hall–Kier alpha value is -1.56. The van der Waals surface area contributed by atoms with Gasteiger partial charge in [-0.05, 0) is 0 Å². The summed E-state index contributed by atoms with van der Waals surface area (Å²) in [6.45, 7) is 0.376. The number of halogens is 1. The molecule has 7 heteroatoms. The molecule has 0 aliphatic carbocycles. The second-order valence-electron chi connectivity index (χ2n) is 2.90. The third kappa shape index (κ3) is 3.54. The van der Waals surface area contributed by atoms with Crippen molar-refractivity contribution in [3.63, 3.8) is 0 Å². The Bertz CT molecular complexity index is 377. The molecule has 1 amide bonds. The molecule has 1 heterocycles. The molecule has 0 aromatic carbocycles. The van der Waals surface area contributed by atoms with Crippen LogP contribution in [-0.2, 0) is 16.0 Å². The fourth-order valence-corrected chi connectivity index (χ4v) is 1.10. The number of methoxy groups -OCH3 is 1. The van der Waals surface area contributed by atoms with Crippen LogP contribution < -0.4 is 5.32 Å². The Morgan fingerprint density at radius 2 is 2.38 bits per heavy atom. The number of carbonyl (C=O) groups excluding carboxylic acids is 2. The highest BCUT2D eigenvalue weighted by atomic mass is 35.5. The summed E-state index contributed by atoms with van der Waals surface area (Å²) in [5.41, 5.74) is 0.112. The van der Waals surface area contributed by atoms with E-state index in [-0.39, 0.29) is 17.5 Å². The third-order valence-corrected chi connectivity index (χ3v) is 2.01. The summed E-state index contributed by atoms with van der Waals surface area (Å²) >= 11 is 5.29. The number of nitrogens with one attached hydrogen (secondary N) is 1. The van der Waals surface area contributed by atoms with Gasteiger partial charge >= 0.3 is 5.97 Å². The van der Waals surface area contributed by atoms with Crippen LogP contribution in [0.25, 0.3) is 0 Å². The first kappa shape index (κ1) is 12.5. The van der Waals surface area contributed by atoms with Gasteiger partial charge in [0.2, 0.25) is 5.91 Å². The van der Waals surface area contributed by atoms with E-state index in [0.717, 1.165) is 0 Å². The molecule has 0 spiro atoms. The van der Waals surface area contributed by atoms with E-state index in [2.05, 4.69) is 15.2 Å². The van der Waals surface area contributed by atoms with Gasteiger partial charge in [-0.2, -0.15) is 0 Å². The first-order valence-corrected chi connectivity index (χ1v) is 5.07. The quantitative estimate of drug-likeness (QED) is 0.599.